The van der Waals surface area contributed by atoms with E-state index in [1.54, 1.807) is 17.9 Å². The van der Waals surface area contributed by atoms with Crippen molar-refractivity contribution in [1.82, 2.24) is 25.3 Å². The van der Waals surface area contributed by atoms with Crippen molar-refractivity contribution < 1.29 is 9.53 Å². The molecule has 9 heteroatoms. The van der Waals surface area contributed by atoms with Crippen molar-refractivity contribution in [2.75, 3.05) is 34.3 Å². The van der Waals surface area contributed by atoms with Gasteiger partial charge in [0.1, 0.15) is 18.4 Å². The Morgan fingerprint density at radius 1 is 1.26 bits per heavy atom. The third kappa shape index (κ3) is 8.17. The second kappa shape index (κ2) is 12.6. The van der Waals surface area contributed by atoms with E-state index >= 15 is 0 Å². The Morgan fingerprint density at radius 2 is 1.93 bits per heavy atom. The van der Waals surface area contributed by atoms with Crippen molar-refractivity contribution >= 4 is 30.7 Å². The predicted octanol–water partition coefficient (Wildman–Crippen LogP) is 1.78. The topological polar surface area (TPSA) is 71.4 Å². The number of hydrogen-bond donors (Lipinski definition) is 2. The zero-order valence-corrected chi connectivity index (χ0v) is 17.8. The molecule has 0 radical (unpaired) electrons. The van der Waals surface area contributed by atoms with Crippen LogP contribution in [-0.2, 0) is 18.4 Å². The van der Waals surface area contributed by atoms with E-state index in [1.165, 1.54) is 0 Å². The van der Waals surface area contributed by atoms with Gasteiger partial charge in [0.05, 0.1) is 6.20 Å². The van der Waals surface area contributed by atoms with Crippen molar-refractivity contribution in [2.24, 2.45) is 7.05 Å². The highest BCUT2D eigenvalue weighted by molar-refractivity contribution is 5.85. The van der Waals surface area contributed by atoms with E-state index in [-0.39, 0.29) is 30.7 Å². The third-order valence-electron chi connectivity index (χ3n) is 3.81. The first kappa shape index (κ1) is 25.2. The van der Waals surface area contributed by atoms with Crippen LogP contribution in [0, 0.1) is 0 Å². The van der Waals surface area contributed by atoms with Gasteiger partial charge in [-0.3, -0.25) is 9.48 Å². The van der Waals surface area contributed by atoms with Gasteiger partial charge in [-0.15, -0.1) is 24.8 Å². The minimum atomic E-state index is -0.414. The molecule has 2 rings (SSSR count). The van der Waals surface area contributed by atoms with Gasteiger partial charge in [-0.2, -0.15) is 5.10 Å². The summed E-state index contributed by atoms with van der Waals surface area (Å²) >= 11 is 0. The fourth-order valence-electron chi connectivity index (χ4n) is 2.38. The van der Waals surface area contributed by atoms with Crippen molar-refractivity contribution in [3.8, 4) is 5.75 Å². The molecule has 0 saturated heterocycles. The summed E-state index contributed by atoms with van der Waals surface area (Å²) in [5, 5.41) is 10.1. The maximum absolute atomic E-state index is 12.4. The molecule has 0 fully saturated rings. The lowest BCUT2D eigenvalue weighted by atomic mass is 10.1. The van der Waals surface area contributed by atoms with Crippen molar-refractivity contribution in [1.29, 1.82) is 0 Å². The van der Waals surface area contributed by atoms with Crippen LogP contribution in [0.2, 0.25) is 0 Å². The second-order valence-corrected chi connectivity index (χ2v) is 6.18. The Morgan fingerprint density at radius 3 is 2.44 bits per heavy atom. The van der Waals surface area contributed by atoms with Gasteiger partial charge in [0.2, 0.25) is 5.91 Å². The van der Waals surface area contributed by atoms with Gasteiger partial charge in [-0.1, -0.05) is 12.1 Å². The molecule has 7 nitrogen and oxygen atoms in total. The van der Waals surface area contributed by atoms with Crippen LogP contribution in [0.25, 0.3) is 0 Å². The molecule has 0 aliphatic heterocycles. The molecule has 1 amide bonds. The molecular weight excluding hydrogens is 389 g/mol. The molecule has 2 N–H and O–H groups in total. The van der Waals surface area contributed by atoms with Gasteiger partial charge in [0.15, 0.2) is 0 Å². The van der Waals surface area contributed by atoms with E-state index in [9.17, 15) is 4.79 Å². The van der Waals surface area contributed by atoms with Crippen molar-refractivity contribution in [2.45, 2.75) is 12.6 Å². The van der Waals surface area contributed by atoms with Crippen LogP contribution in [0.1, 0.15) is 17.2 Å². The minimum Gasteiger partial charge on any atom is -0.492 e. The molecule has 0 saturated carbocycles. The molecule has 27 heavy (non-hydrogen) atoms. The largest absolute Gasteiger partial charge is 0.492 e. The number of benzene rings is 1. The molecule has 0 spiro atoms. The first-order valence-electron chi connectivity index (χ1n) is 8.29. The molecular formula is C18H29Cl2N5O2. The summed E-state index contributed by atoms with van der Waals surface area (Å²) in [6, 6.07) is 7.36. The highest BCUT2D eigenvalue weighted by Crippen LogP contribution is 2.14. The molecule has 2 aromatic rings. The van der Waals surface area contributed by atoms with E-state index in [1.807, 2.05) is 51.6 Å². The Bertz CT molecular complexity index is 677. The standard InChI is InChI=1S/C18H27N5O2.2ClH/c1-19-17(15-12-21-23(4)13-15)18(24)20-11-14-5-7-16(8-6-14)25-10-9-22(2)3;;/h5-8,12-13,17,19H,9-11H2,1-4H3,(H,20,24);2*1H. The molecule has 152 valence electrons. The molecule has 1 unspecified atom stereocenters. The summed E-state index contributed by atoms with van der Waals surface area (Å²) in [6.45, 7) is 1.99. The van der Waals surface area contributed by atoms with Gasteiger partial charge < -0.3 is 20.3 Å². The van der Waals surface area contributed by atoms with Crippen LogP contribution in [0.3, 0.4) is 0 Å². The lowest BCUT2D eigenvalue weighted by Crippen LogP contribution is -2.35. The molecule has 1 aromatic carbocycles. The lowest BCUT2D eigenvalue weighted by molar-refractivity contribution is -0.123. The fraction of sp³-hybridized carbons (Fsp3) is 0.444. The third-order valence-corrected chi connectivity index (χ3v) is 3.81. The number of ether oxygens (including phenoxy) is 1. The van der Waals surface area contributed by atoms with Gasteiger partial charge in [-0.05, 0) is 38.8 Å². The summed E-state index contributed by atoms with van der Waals surface area (Å²) in [6.07, 6.45) is 3.53. The quantitative estimate of drug-likeness (QED) is 0.650. The van der Waals surface area contributed by atoms with Crippen molar-refractivity contribution in [3.05, 3.63) is 47.8 Å². The van der Waals surface area contributed by atoms with Crippen LogP contribution < -0.4 is 15.4 Å². The Labute approximate surface area is 173 Å². The second-order valence-electron chi connectivity index (χ2n) is 6.18. The summed E-state index contributed by atoms with van der Waals surface area (Å²) in [5.41, 5.74) is 1.86. The summed E-state index contributed by atoms with van der Waals surface area (Å²) in [4.78, 5) is 14.5. The number of nitrogens with zero attached hydrogens (tertiary/aromatic N) is 3. The number of nitrogens with one attached hydrogen (secondary N) is 2. The first-order valence-corrected chi connectivity index (χ1v) is 8.29. The van der Waals surface area contributed by atoms with Gasteiger partial charge in [-0.25, -0.2) is 0 Å². The van der Waals surface area contributed by atoms with Crippen LogP contribution in [-0.4, -0.2) is 54.9 Å². The van der Waals surface area contributed by atoms with E-state index in [0.717, 1.165) is 23.4 Å². The van der Waals surface area contributed by atoms with Gasteiger partial charge in [0, 0.05) is 31.9 Å². The normalized spacial score (nSPS) is 11.3. The zero-order chi connectivity index (χ0) is 18.2. The molecule has 1 heterocycles. The number of hydrogen-bond acceptors (Lipinski definition) is 5. The van der Waals surface area contributed by atoms with E-state index < -0.39 is 6.04 Å². The number of halogens is 2. The number of carbonyl (C=O) groups is 1. The molecule has 1 atom stereocenters. The average Bonchev–Trinajstić information content (AvgIpc) is 3.00. The Kier molecular flexibility index (Phi) is 11.7. The number of rotatable bonds is 9. The number of carbonyl (C=O) groups excluding carboxylic acids is 1. The summed E-state index contributed by atoms with van der Waals surface area (Å²) < 4.78 is 7.35. The first-order chi connectivity index (χ1) is 12.0. The summed E-state index contributed by atoms with van der Waals surface area (Å²) in [7, 11) is 7.62. The zero-order valence-electron chi connectivity index (χ0n) is 16.1. The van der Waals surface area contributed by atoms with Crippen LogP contribution in [0.15, 0.2) is 36.7 Å². The van der Waals surface area contributed by atoms with E-state index in [2.05, 4.69) is 20.6 Å². The van der Waals surface area contributed by atoms with Gasteiger partial charge in [0.25, 0.3) is 0 Å². The lowest BCUT2D eigenvalue weighted by Gasteiger charge is -2.15. The Hall–Kier alpha value is -1.80. The molecule has 0 aliphatic rings. The number of amides is 1. The van der Waals surface area contributed by atoms with E-state index in [4.69, 9.17) is 4.74 Å². The van der Waals surface area contributed by atoms with Crippen LogP contribution in [0.5, 0.6) is 5.75 Å². The summed E-state index contributed by atoms with van der Waals surface area (Å²) in [5.74, 6) is 0.752. The SMILES string of the molecule is CNC(C(=O)NCc1ccc(OCCN(C)C)cc1)c1cnn(C)c1.Cl.Cl. The van der Waals surface area contributed by atoms with Crippen LogP contribution in [0.4, 0.5) is 0 Å². The van der Waals surface area contributed by atoms with Crippen molar-refractivity contribution in [3.63, 3.8) is 0 Å². The number of aryl methyl sites for hydroxylation is 1. The highest BCUT2D eigenvalue weighted by Gasteiger charge is 2.19. The predicted molar refractivity (Wildman–Crippen MR) is 112 cm³/mol. The van der Waals surface area contributed by atoms with Gasteiger partial charge >= 0.3 is 0 Å². The number of likely N-dealkylation sites (N-methyl/N-ethyl adjacent to an activating group) is 2. The highest BCUT2D eigenvalue weighted by atomic mass is 35.5. The molecule has 0 bridgehead atoms. The Balaban J connectivity index is 0.00000338. The molecule has 1 aromatic heterocycles. The van der Waals surface area contributed by atoms with Crippen LogP contribution >= 0.6 is 24.8 Å². The average molecular weight is 418 g/mol. The maximum Gasteiger partial charge on any atom is 0.242 e. The number of aromatic nitrogens is 2. The maximum atomic E-state index is 12.4. The molecule has 0 aliphatic carbocycles. The fourth-order valence-corrected chi connectivity index (χ4v) is 2.38. The minimum absolute atomic E-state index is 0. The smallest absolute Gasteiger partial charge is 0.242 e. The monoisotopic (exact) mass is 417 g/mol. The van der Waals surface area contributed by atoms with E-state index in [0.29, 0.717) is 13.2 Å².